The third-order valence-corrected chi connectivity index (χ3v) is 6.93. The van der Waals surface area contributed by atoms with E-state index in [0.29, 0.717) is 11.4 Å². The molecule has 0 spiro atoms. The molecule has 0 radical (unpaired) electrons. The average Bonchev–Trinajstić information content (AvgIpc) is 2.80. The molecule has 34 heavy (non-hydrogen) atoms. The third-order valence-electron chi connectivity index (χ3n) is 5.79. The molecule has 0 aromatic heterocycles. The molecule has 0 aliphatic heterocycles. The lowest BCUT2D eigenvalue weighted by Crippen LogP contribution is -2.52. The SMILES string of the molecule is CC[C@H](C)NC(=O)[C@@H](C)N(Cc1ccccc1C)C(=O)CN(c1cccc(OC)c1)S(C)(=O)=O. The van der Waals surface area contributed by atoms with Crippen molar-refractivity contribution in [3.8, 4) is 5.75 Å². The molecule has 2 aromatic carbocycles. The minimum atomic E-state index is -3.79. The van der Waals surface area contributed by atoms with Crippen LogP contribution in [0.4, 0.5) is 5.69 Å². The number of nitrogens with zero attached hydrogens (tertiary/aromatic N) is 2. The summed E-state index contributed by atoms with van der Waals surface area (Å²) >= 11 is 0. The Kier molecular flexibility index (Phi) is 9.49. The number of sulfonamides is 1. The van der Waals surface area contributed by atoms with Crippen molar-refractivity contribution < 1.29 is 22.7 Å². The number of carbonyl (C=O) groups excluding carboxylic acids is 2. The average molecular weight is 490 g/mol. The fourth-order valence-corrected chi connectivity index (χ4v) is 4.24. The summed E-state index contributed by atoms with van der Waals surface area (Å²) in [4.78, 5) is 27.9. The molecule has 186 valence electrons. The van der Waals surface area contributed by atoms with Crippen molar-refractivity contribution in [1.82, 2.24) is 10.2 Å². The Bertz CT molecular complexity index is 1100. The molecule has 0 saturated heterocycles. The van der Waals surface area contributed by atoms with E-state index in [9.17, 15) is 18.0 Å². The van der Waals surface area contributed by atoms with E-state index in [4.69, 9.17) is 4.74 Å². The second kappa shape index (κ2) is 11.9. The quantitative estimate of drug-likeness (QED) is 0.523. The van der Waals surface area contributed by atoms with Gasteiger partial charge in [-0.05, 0) is 50.5 Å². The van der Waals surface area contributed by atoms with Crippen molar-refractivity contribution in [3.05, 3.63) is 59.7 Å². The molecule has 2 atom stereocenters. The lowest BCUT2D eigenvalue weighted by Gasteiger charge is -2.32. The van der Waals surface area contributed by atoms with E-state index in [1.165, 1.54) is 12.0 Å². The van der Waals surface area contributed by atoms with Crippen LogP contribution >= 0.6 is 0 Å². The van der Waals surface area contributed by atoms with Crippen LogP contribution in [-0.4, -0.2) is 57.1 Å². The minimum Gasteiger partial charge on any atom is -0.497 e. The minimum absolute atomic E-state index is 0.0466. The number of nitrogens with one attached hydrogen (secondary N) is 1. The van der Waals surface area contributed by atoms with E-state index < -0.39 is 28.5 Å². The van der Waals surface area contributed by atoms with Gasteiger partial charge in [0.15, 0.2) is 0 Å². The van der Waals surface area contributed by atoms with Crippen molar-refractivity contribution in [3.63, 3.8) is 0 Å². The summed E-state index contributed by atoms with van der Waals surface area (Å²) in [6, 6.07) is 13.3. The van der Waals surface area contributed by atoms with Crippen molar-refractivity contribution in [2.24, 2.45) is 0 Å². The number of rotatable bonds is 11. The van der Waals surface area contributed by atoms with Gasteiger partial charge in [0, 0.05) is 18.7 Å². The lowest BCUT2D eigenvalue weighted by molar-refractivity contribution is -0.139. The molecule has 0 saturated carbocycles. The van der Waals surface area contributed by atoms with E-state index in [1.807, 2.05) is 45.0 Å². The number of amides is 2. The molecule has 2 rings (SSSR count). The van der Waals surface area contributed by atoms with E-state index in [-0.39, 0.29) is 18.5 Å². The van der Waals surface area contributed by atoms with Crippen molar-refractivity contribution >= 4 is 27.5 Å². The monoisotopic (exact) mass is 489 g/mol. The van der Waals surface area contributed by atoms with Gasteiger partial charge in [0.05, 0.1) is 19.1 Å². The van der Waals surface area contributed by atoms with Gasteiger partial charge >= 0.3 is 0 Å². The van der Waals surface area contributed by atoms with E-state index in [1.54, 1.807) is 31.2 Å². The third kappa shape index (κ3) is 7.21. The number of hydrogen-bond donors (Lipinski definition) is 1. The molecule has 2 aromatic rings. The molecule has 2 amide bonds. The molecule has 0 aliphatic carbocycles. The predicted octanol–water partition coefficient (Wildman–Crippen LogP) is 3.10. The maximum atomic E-state index is 13.6. The Hall–Kier alpha value is -3.07. The first-order valence-corrected chi connectivity index (χ1v) is 13.1. The Morgan fingerprint density at radius 1 is 1.09 bits per heavy atom. The van der Waals surface area contributed by atoms with Crippen LogP contribution in [0, 0.1) is 6.92 Å². The first kappa shape index (κ1) is 27.2. The van der Waals surface area contributed by atoms with Gasteiger partial charge in [-0.3, -0.25) is 13.9 Å². The van der Waals surface area contributed by atoms with Crippen LogP contribution in [0.15, 0.2) is 48.5 Å². The summed E-state index contributed by atoms with van der Waals surface area (Å²) in [6.07, 6.45) is 1.80. The van der Waals surface area contributed by atoms with E-state index in [2.05, 4.69) is 5.32 Å². The molecule has 9 heteroatoms. The molecule has 0 fully saturated rings. The highest BCUT2D eigenvalue weighted by Gasteiger charge is 2.30. The standard InChI is InChI=1S/C25H35N3O5S/c1-7-19(3)26-25(30)20(4)27(16-21-12-9-8-11-18(21)2)24(29)17-28(34(6,31)32)22-13-10-14-23(15-22)33-5/h8-15,19-20H,7,16-17H2,1-6H3,(H,26,30)/t19-,20+/m0/s1. The zero-order valence-corrected chi connectivity index (χ0v) is 21.6. The molecule has 0 bridgehead atoms. The van der Waals surface area contributed by atoms with Gasteiger partial charge < -0.3 is 15.0 Å². The summed E-state index contributed by atoms with van der Waals surface area (Å²) in [5.74, 6) is -0.302. The van der Waals surface area contributed by atoms with Gasteiger partial charge in [-0.25, -0.2) is 8.42 Å². The zero-order chi connectivity index (χ0) is 25.5. The summed E-state index contributed by atoms with van der Waals surface area (Å²) in [7, 11) is -2.31. The number of carbonyl (C=O) groups is 2. The van der Waals surface area contributed by atoms with Gasteiger partial charge in [-0.15, -0.1) is 0 Å². The van der Waals surface area contributed by atoms with Crippen LogP contribution in [0.3, 0.4) is 0 Å². The first-order valence-electron chi connectivity index (χ1n) is 11.2. The zero-order valence-electron chi connectivity index (χ0n) is 20.7. The maximum Gasteiger partial charge on any atom is 0.244 e. The molecule has 0 aliphatic rings. The summed E-state index contributed by atoms with van der Waals surface area (Å²) in [5.41, 5.74) is 2.16. The second-order valence-electron chi connectivity index (χ2n) is 8.41. The molecular formula is C25H35N3O5S. The molecule has 0 unspecified atom stereocenters. The number of aryl methyl sites for hydroxylation is 1. The number of anilines is 1. The Morgan fingerprint density at radius 3 is 2.35 bits per heavy atom. The van der Waals surface area contributed by atoms with Gasteiger partial charge in [-0.2, -0.15) is 0 Å². The van der Waals surface area contributed by atoms with Gasteiger partial charge in [0.2, 0.25) is 21.8 Å². The predicted molar refractivity (Wildman–Crippen MR) is 134 cm³/mol. The smallest absolute Gasteiger partial charge is 0.244 e. The fourth-order valence-electron chi connectivity index (χ4n) is 3.40. The van der Waals surface area contributed by atoms with Crippen molar-refractivity contribution in [2.45, 2.75) is 52.7 Å². The van der Waals surface area contributed by atoms with E-state index >= 15 is 0 Å². The highest BCUT2D eigenvalue weighted by molar-refractivity contribution is 7.92. The number of methoxy groups -OCH3 is 1. The van der Waals surface area contributed by atoms with Crippen LogP contribution in [0.2, 0.25) is 0 Å². The molecule has 8 nitrogen and oxygen atoms in total. The highest BCUT2D eigenvalue weighted by Crippen LogP contribution is 2.24. The van der Waals surface area contributed by atoms with Gasteiger partial charge in [0.25, 0.3) is 0 Å². The maximum absolute atomic E-state index is 13.6. The Labute approximate surface area is 202 Å². The van der Waals surface area contributed by atoms with Crippen LogP contribution < -0.4 is 14.4 Å². The van der Waals surface area contributed by atoms with Crippen molar-refractivity contribution in [1.29, 1.82) is 0 Å². The number of ether oxygens (including phenoxy) is 1. The van der Waals surface area contributed by atoms with Gasteiger partial charge in [0.1, 0.15) is 18.3 Å². The van der Waals surface area contributed by atoms with Gasteiger partial charge in [-0.1, -0.05) is 37.3 Å². The van der Waals surface area contributed by atoms with Crippen LogP contribution in [0.25, 0.3) is 0 Å². The Morgan fingerprint density at radius 2 is 1.76 bits per heavy atom. The van der Waals surface area contributed by atoms with Crippen LogP contribution in [0.1, 0.15) is 38.3 Å². The molecular weight excluding hydrogens is 454 g/mol. The largest absolute Gasteiger partial charge is 0.497 e. The molecule has 1 N–H and O–H groups in total. The fraction of sp³-hybridized carbons (Fsp3) is 0.440. The molecule has 0 heterocycles. The normalized spacial score (nSPS) is 13.0. The second-order valence-corrected chi connectivity index (χ2v) is 10.3. The van der Waals surface area contributed by atoms with Crippen LogP contribution in [0.5, 0.6) is 5.75 Å². The topological polar surface area (TPSA) is 96.0 Å². The summed E-state index contributed by atoms with van der Waals surface area (Å²) in [6.45, 7) is 7.18. The van der Waals surface area contributed by atoms with E-state index in [0.717, 1.165) is 28.1 Å². The number of hydrogen-bond acceptors (Lipinski definition) is 5. The summed E-state index contributed by atoms with van der Waals surface area (Å²) < 4.78 is 31.5. The number of benzene rings is 2. The first-order chi connectivity index (χ1) is 16.0. The van der Waals surface area contributed by atoms with Crippen LogP contribution in [-0.2, 0) is 26.2 Å². The highest BCUT2D eigenvalue weighted by atomic mass is 32.2. The summed E-state index contributed by atoms with van der Waals surface area (Å²) in [5, 5.41) is 2.91. The van der Waals surface area contributed by atoms with Crippen molar-refractivity contribution in [2.75, 3.05) is 24.2 Å². The Balaban J connectivity index is 2.41. The lowest BCUT2D eigenvalue weighted by atomic mass is 10.1.